The van der Waals surface area contributed by atoms with Crippen LogP contribution in [-0.4, -0.2) is 13.0 Å². The number of benzene rings is 2. The molecule has 0 atom stereocenters. The molecule has 2 aromatic rings. The van der Waals surface area contributed by atoms with Crippen LogP contribution >= 0.6 is 15.9 Å². The van der Waals surface area contributed by atoms with E-state index in [1.807, 2.05) is 25.1 Å². The summed E-state index contributed by atoms with van der Waals surface area (Å²) in [5.74, 6) is -0.0717. The largest absolute Gasteiger partial charge is 0.381 e. The molecule has 0 unspecified atom stereocenters. The molecule has 0 spiro atoms. The third-order valence-corrected chi connectivity index (χ3v) is 4.32. The maximum absolute atomic E-state index is 11.7. The number of hydrogen-bond acceptors (Lipinski definition) is 2. The molecule has 0 aliphatic heterocycles. The van der Waals surface area contributed by atoms with Crippen LogP contribution in [0.25, 0.3) is 0 Å². The van der Waals surface area contributed by atoms with Gasteiger partial charge in [0, 0.05) is 29.3 Å². The molecule has 0 aliphatic rings. The summed E-state index contributed by atoms with van der Waals surface area (Å²) in [5.41, 5.74) is 5.19. The van der Waals surface area contributed by atoms with Gasteiger partial charge in [0.25, 0.3) is 5.91 Å². The highest BCUT2D eigenvalue weighted by atomic mass is 79.9. The van der Waals surface area contributed by atoms with E-state index in [4.69, 9.17) is 0 Å². The molecule has 0 heterocycles. The maximum atomic E-state index is 11.7. The Hall–Kier alpha value is -1.81. The second-order valence-electron chi connectivity index (χ2n) is 5.05. The summed E-state index contributed by atoms with van der Waals surface area (Å²) in [6, 6.07) is 12.0. The summed E-state index contributed by atoms with van der Waals surface area (Å²) in [4.78, 5) is 11.7. The molecule has 110 valence electrons. The Morgan fingerprint density at radius 3 is 2.52 bits per heavy atom. The Morgan fingerprint density at radius 1 is 1.10 bits per heavy atom. The quantitative estimate of drug-likeness (QED) is 0.877. The van der Waals surface area contributed by atoms with Crippen molar-refractivity contribution in [2.75, 3.05) is 12.4 Å². The van der Waals surface area contributed by atoms with Crippen molar-refractivity contribution in [2.24, 2.45) is 0 Å². The number of hydrogen-bond donors (Lipinski definition) is 2. The highest BCUT2D eigenvalue weighted by Crippen LogP contribution is 2.20. The minimum absolute atomic E-state index is 0.0717. The van der Waals surface area contributed by atoms with Crippen molar-refractivity contribution in [3.8, 4) is 0 Å². The molecular formula is C17H19BrN2O. The van der Waals surface area contributed by atoms with Crippen molar-refractivity contribution in [3.05, 3.63) is 63.1 Å². The fourth-order valence-corrected chi connectivity index (χ4v) is 2.36. The molecule has 0 saturated heterocycles. The van der Waals surface area contributed by atoms with Gasteiger partial charge >= 0.3 is 0 Å². The molecule has 0 aliphatic carbocycles. The highest BCUT2D eigenvalue weighted by molar-refractivity contribution is 9.10. The lowest BCUT2D eigenvalue weighted by Crippen LogP contribution is -2.18. The molecule has 1 amide bonds. The van der Waals surface area contributed by atoms with Crippen molar-refractivity contribution in [1.29, 1.82) is 0 Å². The topological polar surface area (TPSA) is 41.1 Å². The van der Waals surface area contributed by atoms with Gasteiger partial charge in [0.05, 0.1) is 0 Å². The smallest absolute Gasteiger partial charge is 0.251 e. The van der Waals surface area contributed by atoms with Gasteiger partial charge in [0.2, 0.25) is 0 Å². The summed E-state index contributed by atoms with van der Waals surface area (Å²) >= 11 is 3.51. The molecule has 2 N–H and O–H groups in total. The van der Waals surface area contributed by atoms with Crippen LogP contribution in [0.4, 0.5) is 5.69 Å². The first-order valence-electron chi connectivity index (χ1n) is 6.83. The number of carbonyl (C=O) groups is 1. The first-order chi connectivity index (χ1) is 10.0. The van der Waals surface area contributed by atoms with Crippen LogP contribution in [0.15, 0.2) is 40.9 Å². The first kappa shape index (κ1) is 15.6. The molecule has 0 radical (unpaired) electrons. The fraction of sp³-hybridized carbons (Fsp3) is 0.235. The van der Waals surface area contributed by atoms with E-state index in [9.17, 15) is 4.79 Å². The van der Waals surface area contributed by atoms with Gasteiger partial charge in [-0.15, -0.1) is 0 Å². The fourth-order valence-electron chi connectivity index (χ4n) is 2.11. The predicted octanol–water partition coefficient (Wildman–Crippen LogP) is 4.04. The molecule has 0 fully saturated rings. The van der Waals surface area contributed by atoms with Gasteiger partial charge in [-0.1, -0.05) is 34.1 Å². The van der Waals surface area contributed by atoms with Gasteiger partial charge in [0.1, 0.15) is 0 Å². The standard InChI is InChI=1S/C17H19BrN2O/c1-11-4-6-14(17(21)19-3)9-16(11)20-10-13-5-7-15(18)12(2)8-13/h4-9,20H,10H2,1-3H3,(H,19,21). The van der Waals surface area contributed by atoms with Gasteiger partial charge in [-0.05, 0) is 48.7 Å². The van der Waals surface area contributed by atoms with Crippen molar-refractivity contribution in [1.82, 2.24) is 5.32 Å². The van der Waals surface area contributed by atoms with E-state index in [2.05, 4.69) is 51.7 Å². The lowest BCUT2D eigenvalue weighted by molar-refractivity contribution is 0.0963. The molecule has 2 rings (SSSR count). The highest BCUT2D eigenvalue weighted by Gasteiger charge is 2.06. The number of halogens is 1. The van der Waals surface area contributed by atoms with Gasteiger partial charge in [-0.3, -0.25) is 4.79 Å². The second kappa shape index (κ2) is 6.76. The Morgan fingerprint density at radius 2 is 1.86 bits per heavy atom. The van der Waals surface area contributed by atoms with E-state index in [1.54, 1.807) is 7.05 Å². The minimum Gasteiger partial charge on any atom is -0.381 e. The molecular weight excluding hydrogens is 328 g/mol. The Bertz CT molecular complexity index is 668. The number of carbonyl (C=O) groups excluding carboxylic acids is 1. The monoisotopic (exact) mass is 346 g/mol. The van der Waals surface area contributed by atoms with Crippen molar-refractivity contribution in [2.45, 2.75) is 20.4 Å². The Labute approximate surface area is 133 Å². The zero-order valence-electron chi connectivity index (χ0n) is 12.5. The lowest BCUT2D eigenvalue weighted by atomic mass is 10.1. The third-order valence-electron chi connectivity index (χ3n) is 3.43. The summed E-state index contributed by atoms with van der Waals surface area (Å²) in [7, 11) is 1.64. The predicted molar refractivity (Wildman–Crippen MR) is 90.8 cm³/mol. The SMILES string of the molecule is CNC(=O)c1ccc(C)c(NCc2ccc(Br)c(C)c2)c1. The van der Waals surface area contributed by atoms with E-state index in [-0.39, 0.29) is 5.91 Å². The number of aryl methyl sites for hydroxylation is 2. The normalized spacial score (nSPS) is 10.3. The zero-order valence-corrected chi connectivity index (χ0v) is 14.0. The van der Waals surface area contributed by atoms with Gasteiger partial charge < -0.3 is 10.6 Å². The Kier molecular flexibility index (Phi) is 5.02. The van der Waals surface area contributed by atoms with E-state index in [0.717, 1.165) is 22.3 Å². The van der Waals surface area contributed by atoms with E-state index < -0.39 is 0 Å². The molecule has 0 aromatic heterocycles. The molecule has 3 nitrogen and oxygen atoms in total. The van der Waals surface area contributed by atoms with Crippen LogP contribution in [0.5, 0.6) is 0 Å². The van der Waals surface area contributed by atoms with Crippen molar-refractivity contribution in [3.63, 3.8) is 0 Å². The van der Waals surface area contributed by atoms with E-state index >= 15 is 0 Å². The first-order valence-corrected chi connectivity index (χ1v) is 7.62. The third kappa shape index (κ3) is 3.85. The van der Waals surface area contributed by atoms with Gasteiger partial charge in [-0.25, -0.2) is 0 Å². The summed E-state index contributed by atoms with van der Waals surface area (Å²) < 4.78 is 1.11. The second-order valence-corrected chi connectivity index (χ2v) is 5.90. The molecule has 21 heavy (non-hydrogen) atoms. The molecule has 0 saturated carbocycles. The summed E-state index contributed by atoms with van der Waals surface area (Å²) in [6.45, 7) is 4.83. The average Bonchev–Trinajstić information content (AvgIpc) is 2.49. The van der Waals surface area contributed by atoms with Gasteiger partial charge in [0.15, 0.2) is 0 Å². The van der Waals surface area contributed by atoms with Crippen LogP contribution in [0.3, 0.4) is 0 Å². The zero-order chi connectivity index (χ0) is 15.4. The number of amides is 1. The van der Waals surface area contributed by atoms with E-state index in [1.165, 1.54) is 11.1 Å². The minimum atomic E-state index is -0.0717. The van der Waals surface area contributed by atoms with Crippen molar-refractivity contribution < 1.29 is 4.79 Å². The molecule has 2 aromatic carbocycles. The Balaban J connectivity index is 2.15. The van der Waals surface area contributed by atoms with Gasteiger partial charge in [-0.2, -0.15) is 0 Å². The van der Waals surface area contributed by atoms with Crippen LogP contribution in [0.2, 0.25) is 0 Å². The molecule has 0 bridgehead atoms. The van der Waals surface area contributed by atoms with E-state index in [0.29, 0.717) is 5.56 Å². The summed E-state index contributed by atoms with van der Waals surface area (Å²) in [6.07, 6.45) is 0. The van der Waals surface area contributed by atoms with Crippen molar-refractivity contribution >= 4 is 27.5 Å². The number of nitrogens with one attached hydrogen (secondary N) is 2. The lowest BCUT2D eigenvalue weighted by Gasteiger charge is -2.12. The van der Waals surface area contributed by atoms with Crippen LogP contribution < -0.4 is 10.6 Å². The summed E-state index contributed by atoms with van der Waals surface area (Å²) in [5, 5.41) is 6.04. The van der Waals surface area contributed by atoms with Crippen LogP contribution in [0, 0.1) is 13.8 Å². The number of rotatable bonds is 4. The maximum Gasteiger partial charge on any atom is 0.251 e. The van der Waals surface area contributed by atoms with Crippen LogP contribution in [0.1, 0.15) is 27.0 Å². The molecule has 4 heteroatoms. The number of anilines is 1. The van der Waals surface area contributed by atoms with Crippen LogP contribution in [-0.2, 0) is 6.54 Å². The average molecular weight is 347 g/mol.